The van der Waals surface area contributed by atoms with Gasteiger partial charge in [-0.15, -0.1) is 0 Å². The average Bonchev–Trinajstić information content (AvgIpc) is 2.45. The zero-order chi connectivity index (χ0) is 14.1. The third-order valence-electron chi connectivity index (χ3n) is 3.81. The van der Waals surface area contributed by atoms with Crippen LogP contribution in [0.2, 0.25) is 10.0 Å². The van der Waals surface area contributed by atoms with Gasteiger partial charge >= 0.3 is 0 Å². The molecule has 2 N–H and O–H groups in total. The molecule has 2 nitrogen and oxygen atoms in total. The average molecular weight is 307 g/mol. The van der Waals surface area contributed by atoms with Gasteiger partial charge < -0.3 is 5.73 Å². The second-order valence-electron chi connectivity index (χ2n) is 5.10. The lowest BCUT2D eigenvalue weighted by atomic mass is 9.93. The van der Waals surface area contributed by atoms with Gasteiger partial charge in [0.25, 0.3) is 0 Å². The van der Waals surface area contributed by atoms with E-state index in [1.165, 1.54) is 11.1 Å². The number of benzene rings is 2. The highest BCUT2D eigenvalue weighted by molar-refractivity contribution is 6.30. The topological polar surface area (TPSA) is 29.3 Å². The molecule has 1 saturated heterocycles. The summed E-state index contributed by atoms with van der Waals surface area (Å²) < 4.78 is 0. The maximum atomic E-state index is 6.13. The molecule has 0 saturated carbocycles. The Morgan fingerprint density at radius 3 is 1.65 bits per heavy atom. The Bertz CT molecular complexity index is 535. The van der Waals surface area contributed by atoms with Crippen molar-refractivity contribution in [3.63, 3.8) is 0 Å². The van der Waals surface area contributed by atoms with Crippen molar-refractivity contribution < 1.29 is 0 Å². The molecule has 0 bridgehead atoms. The van der Waals surface area contributed by atoms with E-state index < -0.39 is 0 Å². The summed E-state index contributed by atoms with van der Waals surface area (Å²) in [5.74, 6) is 0. The van der Waals surface area contributed by atoms with Crippen molar-refractivity contribution in [1.82, 2.24) is 4.90 Å². The van der Waals surface area contributed by atoms with E-state index in [-0.39, 0.29) is 12.2 Å². The zero-order valence-electron chi connectivity index (χ0n) is 11.0. The molecule has 2 aromatic carbocycles. The smallest absolute Gasteiger partial charge is 0.0615 e. The predicted molar refractivity (Wildman–Crippen MR) is 84.0 cm³/mol. The van der Waals surface area contributed by atoms with Crippen LogP contribution < -0.4 is 5.73 Å². The molecule has 0 aliphatic carbocycles. The van der Waals surface area contributed by atoms with Crippen LogP contribution in [-0.2, 0) is 0 Å². The number of halogens is 2. The maximum absolute atomic E-state index is 6.13. The molecule has 1 fully saturated rings. The van der Waals surface area contributed by atoms with Crippen molar-refractivity contribution >= 4 is 23.2 Å². The van der Waals surface area contributed by atoms with Gasteiger partial charge in [0.1, 0.15) is 0 Å². The lowest BCUT2D eigenvalue weighted by Crippen LogP contribution is -2.54. The molecular formula is C16H16Cl2N2. The van der Waals surface area contributed by atoms with Gasteiger partial charge in [-0.2, -0.15) is 0 Å². The van der Waals surface area contributed by atoms with Gasteiger partial charge in [0.2, 0.25) is 0 Å². The quantitative estimate of drug-likeness (QED) is 0.926. The fourth-order valence-electron chi connectivity index (χ4n) is 2.61. The SMILES string of the molecule is NC1CCN1C(c1ccc(Cl)cc1)c1ccc(Cl)cc1. The Labute approximate surface area is 129 Å². The van der Waals surface area contributed by atoms with Gasteiger partial charge in [0.15, 0.2) is 0 Å². The van der Waals surface area contributed by atoms with Gasteiger partial charge in [0.05, 0.1) is 12.2 Å². The number of likely N-dealkylation sites (tertiary alicyclic amines) is 1. The van der Waals surface area contributed by atoms with Crippen LogP contribution in [0.15, 0.2) is 48.5 Å². The molecule has 4 heteroatoms. The largest absolute Gasteiger partial charge is 0.316 e. The lowest BCUT2D eigenvalue weighted by Gasteiger charge is -2.44. The van der Waals surface area contributed by atoms with E-state index in [1.54, 1.807) is 0 Å². The summed E-state index contributed by atoms with van der Waals surface area (Å²) in [7, 11) is 0. The van der Waals surface area contributed by atoms with E-state index in [0.717, 1.165) is 23.0 Å². The molecule has 0 amide bonds. The molecule has 1 unspecified atom stereocenters. The second kappa shape index (κ2) is 5.74. The van der Waals surface area contributed by atoms with Crippen molar-refractivity contribution in [3.8, 4) is 0 Å². The number of nitrogens with two attached hydrogens (primary N) is 1. The summed E-state index contributed by atoms with van der Waals surface area (Å²) in [6.45, 7) is 1.01. The minimum Gasteiger partial charge on any atom is -0.316 e. The Morgan fingerprint density at radius 2 is 1.35 bits per heavy atom. The van der Waals surface area contributed by atoms with Crippen molar-refractivity contribution in [1.29, 1.82) is 0 Å². The first kappa shape index (κ1) is 13.9. The predicted octanol–water partition coefficient (Wildman–Crippen LogP) is 4.07. The molecule has 1 atom stereocenters. The summed E-state index contributed by atoms with van der Waals surface area (Å²) in [5, 5.41) is 1.49. The van der Waals surface area contributed by atoms with Gasteiger partial charge in [0, 0.05) is 16.6 Å². The molecule has 1 aliphatic heterocycles. The fourth-order valence-corrected chi connectivity index (χ4v) is 2.87. The Morgan fingerprint density at radius 1 is 0.900 bits per heavy atom. The van der Waals surface area contributed by atoms with E-state index in [4.69, 9.17) is 28.9 Å². The van der Waals surface area contributed by atoms with Gasteiger partial charge in [-0.1, -0.05) is 47.5 Å². The third-order valence-corrected chi connectivity index (χ3v) is 4.32. The van der Waals surface area contributed by atoms with Gasteiger partial charge in [-0.05, 0) is 41.8 Å². The number of nitrogens with zero attached hydrogens (tertiary/aromatic N) is 1. The fraction of sp³-hybridized carbons (Fsp3) is 0.250. The number of hydrogen-bond acceptors (Lipinski definition) is 2. The molecule has 3 rings (SSSR count). The summed E-state index contributed by atoms with van der Waals surface area (Å²) in [6.07, 6.45) is 1.16. The molecule has 0 aromatic heterocycles. The number of rotatable bonds is 3. The van der Waals surface area contributed by atoms with E-state index >= 15 is 0 Å². The zero-order valence-corrected chi connectivity index (χ0v) is 12.5. The van der Waals surface area contributed by atoms with Crippen molar-refractivity contribution in [2.75, 3.05) is 6.54 Å². The Balaban J connectivity index is 1.99. The minimum atomic E-state index is 0.117. The van der Waals surface area contributed by atoms with E-state index in [2.05, 4.69) is 29.2 Å². The molecule has 1 aliphatic rings. The van der Waals surface area contributed by atoms with Crippen LogP contribution >= 0.6 is 23.2 Å². The normalized spacial score (nSPS) is 19.1. The highest BCUT2D eigenvalue weighted by atomic mass is 35.5. The van der Waals surface area contributed by atoms with Crippen LogP contribution in [0.4, 0.5) is 0 Å². The first-order valence-corrected chi connectivity index (χ1v) is 7.43. The van der Waals surface area contributed by atoms with Crippen molar-refractivity contribution in [3.05, 3.63) is 69.7 Å². The van der Waals surface area contributed by atoms with Crippen LogP contribution in [0.5, 0.6) is 0 Å². The van der Waals surface area contributed by atoms with Gasteiger partial charge in [-0.25, -0.2) is 0 Å². The summed E-state index contributed by atoms with van der Waals surface area (Å²) in [4.78, 5) is 2.30. The summed E-state index contributed by atoms with van der Waals surface area (Å²) in [6, 6.07) is 16.1. The maximum Gasteiger partial charge on any atom is 0.0615 e. The molecule has 104 valence electrons. The summed E-state index contributed by atoms with van der Waals surface area (Å²) in [5.41, 5.74) is 8.53. The third kappa shape index (κ3) is 2.70. The van der Waals surface area contributed by atoms with Crippen molar-refractivity contribution in [2.24, 2.45) is 5.73 Å². The number of hydrogen-bond donors (Lipinski definition) is 1. The second-order valence-corrected chi connectivity index (χ2v) is 5.97. The Hall–Kier alpha value is -1.06. The monoisotopic (exact) mass is 306 g/mol. The highest BCUT2D eigenvalue weighted by Crippen LogP contribution is 2.35. The van der Waals surface area contributed by atoms with E-state index in [1.807, 2.05) is 24.3 Å². The van der Waals surface area contributed by atoms with Gasteiger partial charge in [-0.3, -0.25) is 4.90 Å². The van der Waals surface area contributed by atoms with E-state index in [9.17, 15) is 0 Å². The standard InChI is InChI=1S/C16H16Cl2N2/c17-13-5-1-11(2-6-13)16(20-10-9-15(20)19)12-3-7-14(18)8-4-12/h1-8,15-16H,9-10,19H2. The first-order valence-electron chi connectivity index (χ1n) is 6.67. The molecular weight excluding hydrogens is 291 g/mol. The van der Waals surface area contributed by atoms with Crippen LogP contribution in [0.3, 0.4) is 0 Å². The van der Waals surface area contributed by atoms with Crippen LogP contribution in [0.1, 0.15) is 23.6 Å². The van der Waals surface area contributed by atoms with Crippen LogP contribution in [0, 0.1) is 0 Å². The molecule has 20 heavy (non-hydrogen) atoms. The molecule has 0 spiro atoms. The minimum absolute atomic E-state index is 0.117. The molecule has 2 aromatic rings. The lowest BCUT2D eigenvalue weighted by molar-refractivity contribution is 0.0617. The first-order chi connectivity index (χ1) is 9.65. The molecule has 1 heterocycles. The summed E-state index contributed by atoms with van der Waals surface area (Å²) >= 11 is 12.0. The Kier molecular flexibility index (Phi) is 3.99. The van der Waals surface area contributed by atoms with E-state index in [0.29, 0.717) is 0 Å². The highest BCUT2D eigenvalue weighted by Gasteiger charge is 2.33. The molecule has 0 radical (unpaired) electrons. The van der Waals surface area contributed by atoms with Crippen LogP contribution in [-0.4, -0.2) is 17.6 Å². The van der Waals surface area contributed by atoms with Crippen LogP contribution in [0.25, 0.3) is 0 Å². The van der Waals surface area contributed by atoms with Crippen molar-refractivity contribution in [2.45, 2.75) is 18.6 Å².